The number of carbonyl (C=O) groups is 2. The summed E-state index contributed by atoms with van der Waals surface area (Å²) in [7, 11) is 4.56. The van der Waals surface area contributed by atoms with Crippen molar-refractivity contribution in [2.75, 3.05) is 34.5 Å². The van der Waals surface area contributed by atoms with Crippen LogP contribution in [0.1, 0.15) is 63.4 Å². The minimum absolute atomic E-state index is 0.0826. The first kappa shape index (κ1) is 25.3. The maximum atomic E-state index is 13.9. The summed E-state index contributed by atoms with van der Waals surface area (Å²) in [4.78, 5) is 26.7. The molecule has 8 heteroatoms. The average molecular weight is 464 g/mol. The minimum atomic E-state index is -1.20. The zero-order chi connectivity index (χ0) is 23.8. The fourth-order valence-corrected chi connectivity index (χ4v) is 5.39. The van der Waals surface area contributed by atoms with Crippen molar-refractivity contribution in [1.82, 2.24) is 5.32 Å². The van der Waals surface area contributed by atoms with E-state index in [2.05, 4.69) is 5.32 Å². The molecule has 1 aromatic rings. The number of esters is 2. The summed E-state index contributed by atoms with van der Waals surface area (Å²) in [5, 5.41) is 13.2. The third kappa shape index (κ3) is 5.27. The summed E-state index contributed by atoms with van der Waals surface area (Å²) < 4.78 is 22.1. The number of nitrogens with one attached hydrogen (secondary N) is 1. The van der Waals surface area contributed by atoms with E-state index < -0.39 is 23.4 Å². The van der Waals surface area contributed by atoms with E-state index >= 15 is 0 Å². The molecule has 0 spiro atoms. The topological polar surface area (TPSA) is 103 Å². The van der Waals surface area contributed by atoms with Crippen LogP contribution in [-0.2, 0) is 19.7 Å². The van der Waals surface area contributed by atoms with Gasteiger partial charge >= 0.3 is 11.9 Å². The summed E-state index contributed by atoms with van der Waals surface area (Å²) in [5.74, 6) is -0.00146. The first-order chi connectivity index (χ1) is 16.0. The fraction of sp³-hybridized carbons (Fsp3) is 0.680. The Labute approximate surface area is 195 Å². The van der Waals surface area contributed by atoms with E-state index in [0.717, 1.165) is 51.5 Å². The molecule has 2 aliphatic rings. The Morgan fingerprint density at radius 2 is 1.61 bits per heavy atom. The van der Waals surface area contributed by atoms with Gasteiger partial charge < -0.3 is 29.4 Å². The monoisotopic (exact) mass is 463 g/mol. The van der Waals surface area contributed by atoms with Crippen LogP contribution < -0.4 is 19.5 Å². The van der Waals surface area contributed by atoms with Gasteiger partial charge in [-0.2, -0.15) is 0 Å². The van der Waals surface area contributed by atoms with Crippen molar-refractivity contribution in [3.05, 3.63) is 17.7 Å². The number of hydrogen-bond acceptors (Lipinski definition) is 8. The van der Waals surface area contributed by atoms with E-state index in [9.17, 15) is 14.7 Å². The van der Waals surface area contributed by atoms with E-state index in [1.807, 2.05) is 0 Å². The Morgan fingerprint density at radius 1 is 0.970 bits per heavy atom. The van der Waals surface area contributed by atoms with E-state index in [1.165, 1.54) is 21.3 Å². The van der Waals surface area contributed by atoms with Crippen LogP contribution in [0.2, 0.25) is 0 Å². The van der Waals surface area contributed by atoms with E-state index in [0.29, 0.717) is 29.2 Å². The number of ether oxygens (including phenoxy) is 4. The lowest BCUT2D eigenvalue weighted by Gasteiger charge is -2.41. The number of methoxy groups -OCH3 is 3. The third-order valence-electron chi connectivity index (χ3n) is 7.14. The summed E-state index contributed by atoms with van der Waals surface area (Å²) in [6, 6.07) is 3.01. The lowest BCUT2D eigenvalue weighted by molar-refractivity contribution is -0.168. The molecule has 1 saturated carbocycles. The van der Waals surface area contributed by atoms with Crippen LogP contribution in [0.25, 0.3) is 0 Å². The molecule has 3 rings (SSSR count). The highest BCUT2D eigenvalue weighted by Gasteiger charge is 2.50. The van der Waals surface area contributed by atoms with Gasteiger partial charge in [-0.3, -0.25) is 4.79 Å². The Kier molecular flexibility index (Phi) is 8.97. The third-order valence-corrected chi connectivity index (χ3v) is 7.14. The summed E-state index contributed by atoms with van der Waals surface area (Å²) in [6.07, 6.45) is 7.37. The van der Waals surface area contributed by atoms with Crippen molar-refractivity contribution in [2.24, 2.45) is 5.92 Å². The molecule has 33 heavy (non-hydrogen) atoms. The molecule has 2 atom stereocenters. The number of benzene rings is 1. The summed E-state index contributed by atoms with van der Waals surface area (Å²) >= 11 is 0. The van der Waals surface area contributed by atoms with Gasteiger partial charge in [-0.15, -0.1) is 0 Å². The number of aliphatic hydroxyl groups is 1. The van der Waals surface area contributed by atoms with Crippen molar-refractivity contribution in [2.45, 2.75) is 69.2 Å². The van der Waals surface area contributed by atoms with Gasteiger partial charge in [-0.1, -0.05) is 25.7 Å². The van der Waals surface area contributed by atoms with Crippen LogP contribution in [0.3, 0.4) is 0 Å². The molecule has 0 radical (unpaired) electrons. The first-order valence-corrected chi connectivity index (χ1v) is 11.9. The molecule has 1 aliphatic carbocycles. The van der Waals surface area contributed by atoms with E-state index in [1.54, 1.807) is 12.1 Å². The molecule has 1 aromatic carbocycles. The van der Waals surface area contributed by atoms with Crippen LogP contribution in [-0.4, -0.2) is 57.6 Å². The normalized spacial score (nSPS) is 21.0. The highest BCUT2D eigenvalue weighted by Crippen LogP contribution is 2.49. The van der Waals surface area contributed by atoms with Crippen LogP contribution in [0, 0.1) is 5.92 Å². The molecule has 8 nitrogen and oxygen atoms in total. The molecule has 1 saturated heterocycles. The predicted octanol–water partition coefficient (Wildman–Crippen LogP) is 3.12. The van der Waals surface area contributed by atoms with Crippen molar-refractivity contribution in [1.29, 1.82) is 0 Å². The standard InChI is InChI=1S/C25H37NO7/c1-30-20-15-18(16-21(31-2)22(20)32-3)25(12-14-27,17-9-5-4-6-10-17)24(29)33-23(28)19-11-7-8-13-26-19/h15-17,19,26-27H,4-14H2,1-3H3/t19?,25-/m0/s1. The fourth-order valence-electron chi connectivity index (χ4n) is 5.39. The highest BCUT2D eigenvalue weighted by molar-refractivity contribution is 5.94. The smallest absolute Gasteiger partial charge is 0.330 e. The number of carbonyl (C=O) groups excluding carboxylic acids is 2. The lowest BCUT2D eigenvalue weighted by Crippen LogP contribution is -2.49. The van der Waals surface area contributed by atoms with Crippen LogP contribution in [0.4, 0.5) is 0 Å². The Hall–Kier alpha value is -2.32. The van der Waals surface area contributed by atoms with Crippen molar-refractivity contribution in [3.63, 3.8) is 0 Å². The Morgan fingerprint density at radius 3 is 2.12 bits per heavy atom. The van der Waals surface area contributed by atoms with Gasteiger partial charge in [0.2, 0.25) is 5.75 Å². The SMILES string of the molecule is COc1cc([C@@](CCO)(C(=O)OC(=O)C2CCCCN2)C2CCCCC2)cc(OC)c1OC. The lowest BCUT2D eigenvalue weighted by atomic mass is 9.63. The van der Waals surface area contributed by atoms with Gasteiger partial charge in [-0.05, 0) is 62.3 Å². The molecule has 0 bridgehead atoms. The molecule has 2 N–H and O–H groups in total. The molecular weight excluding hydrogens is 426 g/mol. The van der Waals surface area contributed by atoms with Crippen LogP contribution in [0.5, 0.6) is 17.2 Å². The number of aliphatic hydroxyl groups excluding tert-OH is 1. The van der Waals surface area contributed by atoms with Gasteiger partial charge in [0.25, 0.3) is 0 Å². The average Bonchev–Trinajstić information content (AvgIpc) is 2.87. The second-order valence-corrected chi connectivity index (χ2v) is 8.90. The molecule has 2 fully saturated rings. The van der Waals surface area contributed by atoms with Crippen molar-refractivity contribution < 1.29 is 33.6 Å². The summed E-state index contributed by atoms with van der Waals surface area (Å²) in [6.45, 7) is 0.503. The molecule has 1 unspecified atom stereocenters. The predicted molar refractivity (Wildman–Crippen MR) is 123 cm³/mol. The quantitative estimate of drug-likeness (QED) is 0.425. The molecular formula is C25H37NO7. The zero-order valence-corrected chi connectivity index (χ0v) is 20.0. The second-order valence-electron chi connectivity index (χ2n) is 8.90. The molecule has 0 aromatic heterocycles. The van der Waals surface area contributed by atoms with Gasteiger partial charge in [0.1, 0.15) is 6.04 Å². The molecule has 184 valence electrons. The Balaban J connectivity index is 2.08. The number of hydrogen-bond donors (Lipinski definition) is 2. The van der Waals surface area contributed by atoms with Gasteiger partial charge in [-0.25, -0.2) is 4.79 Å². The maximum absolute atomic E-state index is 13.9. The second kappa shape index (κ2) is 11.7. The molecule has 0 amide bonds. The van der Waals surface area contributed by atoms with Gasteiger partial charge in [0, 0.05) is 6.61 Å². The van der Waals surface area contributed by atoms with Crippen LogP contribution >= 0.6 is 0 Å². The van der Waals surface area contributed by atoms with Crippen molar-refractivity contribution in [3.8, 4) is 17.2 Å². The molecule has 1 aliphatic heterocycles. The van der Waals surface area contributed by atoms with Crippen molar-refractivity contribution >= 4 is 11.9 Å². The highest BCUT2D eigenvalue weighted by atomic mass is 16.6. The Bertz CT molecular complexity index is 790. The van der Waals surface area contributed by atoms with E-state index in [4.69, 9.17) is 18.9 Å². The largest absolute Gasteiger partial charge is 0.493 e. The number of piperidine rings is 1. The molecule has 1 heterocycles. The zero-order valence-electron chi connectivity index (χ0n) is 20.0. The first-order valence-electron chi connectivity index (χ1n) is 11.9. The van der Waals surface area contributed by atoms with Crippen LogP contribution in [0.15, 0.2) is 12.1 Å². The summed E-state index contributed by atoms with van der Waals surface area (Å²) in [5.41, 5.74) is -0.598. The number of rotatable bonds is 9. The maximum Gasteiger partial charge on any atom is 0.330 e. The minimum Gasteiger partial charge on any atom is -0.493 e. The van der Waals surface area contributed by atoms with E-state index in [-0.39, 0.29) is 18.9 Å². The van der Waals surface area contributed by atoms with Gasteiger partial charge in [0.05, 0.1) is 26.7 Å². The van der Waals surface area contributed by atoms with Gasteiger partial charge in [0.15, 0.2) is 11.5 Å².